The minimum Gasteiger partial charge on any atom is -0.741 e. The lowest BCUT2D eigenvalue weighted by atomic mass is 9.86. The Morgan fingerprint density at radius 1 is 0.935 bits per heavy atom. The van der Waals surface area contributed by atoms with Gasteiger partial charge in [-0.15, -0.1) is 0 Å². The van der Waals surface area contributed by atoms with E-state index in [0.717, 1.165) is 36.0 Å². The van der Waals surface area contributed by atoms with Gasteiger partial charge in [0.2, 0.25) is 5.52 Å². The summed E-state index contributed by atoms with van der Waals surface area (Å²) in [5.74, 6) is 0.0486. The lowest BCUT2D eigenvalue weighted by molar-refractivity contribution is -0.669. The Hall–Kier alpha value is -3.13. The van der Waals surface area contributed by atoms with Crippen LogP contribution in [0.4, 0.5) is 18.9 Å². The van der Waals surface area contributed by atoms with Crippen LogP contribution in [0.1, 0.15) is 70.2 Å². The Bertz CT molecular complexity index is 1760. The van der Waals surface area contributed by atoms with E-state index < -0.39 is 15.6 Å². The number of carbonyl (C=O) groups is 1. The highest BCUT2D eigenvalue weighted by molar-refractivity contribution is 8.03. The molecule has 0 saturated carbocycles. The fourth-order valence-electron chi connectivity index (χ4n) is 5.18. The SMILES string of the molecule is CCCCCCN1C(=CC2=C(N)C(=Cc3sc4ccccc4[n+]3CCCCCC)C2=O)Sc2ccccc21.O=S(=O)([O-])C(F)(F)F. The number of Topliss-reactive ketones (excluding diaryl/α,β-unsaturated/α-hetero) is 1. The molecular formula is C33H38F3N3O4S3. The van der Waals surface area contributed by atoms with Crippen molar-refractivity contribution < 1.29 is 35.5 Å². The zero-order valence-corrected chi connectivity index (χ0v) is 28.3. The largest absolute Gasteiger partial charge is 0.741 e. The van der Waals surface area contributed by atoms with Crippen LogP contribution in [0.25, 0.3) is 16.3 Å². The van der Waals surface area contributed by atoms with Crippen LogP contribution in [0.5, 0.6) is 0 Å². The Morgan fingerprint density at radius 3 is 2.22 bits per heavy atom. The van der Waals surface area contributed by atoms with Gasteiger partial charge in [-0.2, -0.15) is 17.7 Å². The van der Waals surface area contributed by atoms with Crippen LogP contribution in [0.2, 0.25) is 0 Å². The number of carbonyl (C=O) groups excluding carboxylic acids is 1. The smallest absolute Gasteiger partial charge is 0.485 e. The number of aromatic nitrogens is 1. The van der Waals surface area contributed by atoms with Crippen molar-refractivity contribution >= 4 is 61.0 Å². The number of fused-ring (bicyclic) bond motifs is 2. The number of allylic oxidation sites excluding steroid dienone is 3. The van der Waals surface area contributed by atoms with E-state index in [2.05, 4.69) is 71.8 Å². The van der Waals surface area contributed by atoms with E-state index in [1.54, 1.807) is 23.1 Å². The van der Waals surface area contributed by atoms with Crippen molar-refractivity contribution in [2.45, 2.75) is 82.2 Å². The molecule has 2 aromatic carbocycles. The number of unbranched alkanes of at least 4 members (excludes halogenated alkanes) is 6. The predicted octanol–water partition coefficient (Wildman–Crippen LogP) is 8.03. The van der Waals surface area contributed by atoms with Gasteiger partial charge in [0.15, 0.2) is 22.4 Å². The number of thiazole rings is 1. The molecule has 13 heteroatoms. The van der Waals surface area contributed by atoms with Gasteiger partial charge >= 0.3 is 5.51 Å². The molecule has 0 bridgehead atoms. The lowest BCUT2D eigenvalue weighted by Gasteiger charge is -2.24. The Labute approximate surface area is 276 Å². The van der Waals surface area contributed by atoms with Gasteiger partial charge in [-0.3, -0.25) is 4.79 Å². The van der Waals surface area contributed by atoms with Crippen LogP contribution in [-0.2, 0) is 21.5 Å². The number of nitrogens with two attached hydrogens (primary N) is 1. The summed E-state index contributed by atoms with van der Waals surface area (Å²) in [6.07, 6.45) is 13.7. The number of aryl methyl sites for hydroxylation is 1. The van der Waals surface area contributed by atoms with E-state index in [9.17, 15) is 18.0 Å². The number of para-hydroxylation sites is 2. The average Bonchev–Trinajstić information content (AvgIpc) is 3.55. The number of anilines is 1. The minimum atomic E-state index is -6.09. The van der Waals surface area contributed by atoms with E-state index in [1.165, 1.54) is 59.3 Å². The second-order valence-electron chi connectivity index (χ2n) is 11.0. The van der Waals surface area contributed by atoms with Gasteiger partial charge < -0.3 is 15.2 Å². The number of ketones is 1. The second kappa shape index (κ2) is 15.6. The fraction of sp³-hybridized carbons (Fsp3) is 0.394. The molecule has 2 N–H and O–H groups in total. The van der Waals surface area contributed by atoms with Crippen LogP contribution in [-0.4, -0.2) is 30.8 Å². The van der Waals surface area contributed by atoms with Crippen LogP contribution in [0.3, 0.4) is 0 Å². The van der Waals surface area contributed by atoms with Gasteiger partial charge in [0.05, 0.1) is 22.0 Å². The van der Waals surface area contributed by atoms with E-state index in [1.807, 2.05) is 12.2 Å². The summed E-state index contributed by atoms with van der Waals surface area (Å²) >= 11 is 3.47. The van der Waals surface area contributed by atoms with Crippen molar-refractivity contribution in [1.29, 1.82) is 0 Å². The molecule has 0 amide bonds. The molecule has 1 aromatic heterocycles. The van der Waals surface area contributed by atoms with Gasteiger partial charge in [0.25, 0.3) is 5.01 Å². The summed E-state index contributed by atoms with van der Waals surface area (Å²) in [4.78, 5) is 17.0. The monoisotopic (exact) mass is 693 g/mol. The Kier molecular flexibility index (Phi) is 12.1. The van der Waals surface area contributed by atoms with Crippen molar-refractivity contribution in [3.8, 4) is 0 Å². The molecule has 2 heterocycles. The van der Waals surface area contributed by atoms with E-state index in [4.69, 9.17) is 18.7 Å². The molecule has 5 rings (SSSR count). The molecule has 0 saturated heterocycles. The van der Waals surface area contributed by atoms with Crippen molar-refractivity contribution in [1.82, 2.24) is 0 Å². The molecule has 0 spiro atoms. The maximum absolute atomic E-state index is 13.4. The third kappa shape index (κ3) is 8.41. The van der Waals surface area contributed by atoms with Gasteiger partial charge in [0, 0.05) is 35.6 Å². The number of benzene rings is 2. The topological polar surface area (TPSA) is 107 Å². The molecule has 46 heavy (non-hydrogen) atoms. The summed E-state index contributed by atoms with van der Waals surface area (Å²) in [6, 6.07) is 17.0. The molecular weight excluding hydrogens is 656 g/mol. The van der Waals surface area contributed by atoms with Crippen LogP contribution < -0.4 is 15.2 Å². The van der Waals surface area contributed by atoms with Crippen molar-refractivity contribution in [3.63, 3.8) is 0 Å². The highest BCUT2D eigenvalue weighted by Crippen LogP contribution is 2.47. The standard InChI is InChI=1S/C32H37N3OS2.CHF3O3S/c1-3-5-7-13-19-34-25-15-9-11-17-27(25)37-29(34)21-23-31(33)24(32(23)36)22-30-35(20-14-8-6-4-2)26-16-10-12-18-28(26)38-30;2-1(3,4)8(5,6)7/h9-12,15-18,21-22H,3-8,13-14,19-20H2,1-2H3,(H-,33,36);(H,5,6,7). The zero-order valence-electron chi connectivity index (χ0n) is 25.8. The third-order valence-corrected chi connectivity index (χ3v) is 10.4. The van der Waals surface area contributed by atoms with Crippen molar-refractivity contribution in [2.24, 2.45) is 5.73 Å². The van der Waals surface area contributed by atoms with Crippen molar-refractivity contribution in [3.05, 3.63) is 81.5 Å². The first kappa shape index (κ1) is 35.7. The number of hydrogen-bond donors (Lipinski definition) is 1. The second-order valence-corrected chi connectivity index (χ2v) is 14.5. The summed E-state index contributed by atoms with van der Waals surface area (Å²) in [7, 11) is -6.09. The molecule has 1 aliphatic carbocycles. The summed E-state index contributed by atoms with van der Waals surface area (Å²) in [5.41, 5.74) is 5.28. The first-order valence-corrected chi connectivity index (χ1v) is 18.4. The van der Waals surface area contributed by atoms with Crippen LogP contribution >= 0.6 is 23.1 Å². The maximum atomic E-state index is 13.4. The Morgan fingerprint density at radius 2 is 1.57 bits per heavy atom. The summed E-state index contributed by atoms with van der Waals surface area (Å²) < 4.78 is 62.5. The molecule has 2 aliphatic rings. The molecule has 0 radical (unpaired) electrons. The first-order valence-electron chi connectivity index (χ1n) is 15.3. The average molecular weight is 694 g/mol. The number of rotatable bonds is 12. The molecule has 0 atom stereocenters. The molecule has 0 unspecified atom stereocenters. The fourth-order valence-corrected chi connectivity index (χ4v) is 7.44. The van der Waals surface area contributed by atoms with Gasteiger partial charge in [-0.05, 0) is 37.1 Å². The highest BCUT2D eigenvalue weighted by atomic mass is 32.2. The molecule has 7 nitrogen and oxygen atoms in total. The molecule has 248 valence electrons. The molecule has 1 aliphatic heterocycles. The number of halogens is 3. The summed E-state index contributed by atoms with van der Waals surface area (Å²) in [5, 5.41) is 2.20. The quantitative estimate of drug-likeness (QED) is 0.0673. The van der Waals surface area contributed by atoms with Crippen LogP contribution in [0.15, 0.2) is 81.4 Å². The third-order valence-electron chi connectivity index (χ3n) is 7.63. The zero-order chi connectivity index (χ0) is 33.5. The van der Waals surface area contributed by atoms with Gasteiger partial charge in [-0.25, -0.2) is 8.42 Å². The minimum absolute atomic E-state index is 0.0486. The molecule has 0 fully saturated rings. The summed E-state index contributed by atoms with van der Waals surface area (Å²) in [6.45, 7) is 6.39. The number of thioether (sulfide) groups is 1. The number of alkyl halides is 3. The van der Waals surface area contributed by atoms with Crippen LogP contribution in [0, 0.1) is 0 Å². The predicted molar refractivity (Wildman–Crippen MR) is 178 cm³/mol. The van der Waals surface area contributed by atoms with Gasteiger partial charge in [0.1, 0.15) is 4.70 Å². The number of nitrogens with zero attached hydrogens (tertiary/aromatic N) is 2. The van der Waals surface area contributed by atoms with E-state index in [0.29, 0.717) is 16.8 Å². The van der Waals surface area contributed by atoms with E-state index in [-0.39, 0.29) is 5.78 Å². The number of hydrogen-bond acceptors (Lipinski definition) is 8. The molecule has 3 aromatic rings. The lowest BCUT2D eigenvalue weighted by Crippen LogP contribution is -2.36. The maximum Gasteiger partial charge on any atom is 0.485 e. The Balaban J connectivity index is 0.000000533. The van der Waals surface area contributed by atoms with Crippen molar-refractivity contribution in [2.75, 3.05) is 11.4 Å². The normalized spacial score (nSPS) is 16.7. The van der Waals surface area contributed by atoms with E-state index >= 15 is 0 Å². The highest BCUT2D eigenvalue weighted by Gasteiger charge is 2.37. The first-order chi connectivity index (χ1) is 21.9. The van der Waals surface area contributed by atoms with Gasteiger partial charge in [-0.1, -0.05) is 93.3 Å².